The molecule has 2 rings (SSSR count). The van der Waals surface area contributed by atoms with Gasteiger partial charge in [0.15, 0.2) is 0 Å². The number of hydrogen-bond donors (Lipinski definition) is 0. The number of aryl methyl sites for hydroxylation is 2. The molecule has 15 heavy (non-hydrogen) atoms. The van der Waals surface area contributed by atoms with Gasteiger partial charge in [0.25, 0.3) is 0 Å². The molecule has 1 aromatic heterocycles. The average Bonchev–Trinajstić information content (AvgIpc) is 2.61. The van der Waals surface area contributed by atoms with Crippen molar-refractivity contribution in [3.8, 4) is 11.3 Å². The summed E-state index contributed by atoms with van der Waals surface area (Å²) in [7, 11) is 0. The molecule has 1 heterocycles. The molecule has 0 spiro atoms. The summed E-state index contributed by atoms with van der Waals surface area (Å²) in [6.07, 6.45) is 1.85. The van der Waals surface area contributed by atoms with Gasteiger partial charge in [-0.05, 0) is 29.8 Å². The van der Waals surface area contributed by atoms with E-state index in [0.717, 1.165) is 16.7 Å². The lowest BCUT2D eigenvalue weighted by Gasteiger charge is -2.05. The highest BCUT2D eigenvalue weighted by molar-refractivity contribution is 9.10. The Balaban J connectivity index is 2.52. The lowest BCUT2D eigenvalue weighted by Crippen LogP contribution is -1.98. The van der Waals surface area contributed by atoms with E-state index in [4.69, 9.17) is 0 Å². The summed E-state index contributed by atoms with van der Waals surface area (Å²) in [5.41, 5.74) is 3.63. The van der Waals surface area contributed by atoms with Crippen LogP contribution in [0.4, 0.5) is 0 Å². The monoisotopic (exact) mass is 264 g/mol. The zero-order valence-electron chi connectivity index (χ0n) is 8.87. The molecule has 1 aromatic carbocycles. The van der Waals surface area contributed by atoms with Crippen LogP contribution in [0.2, 0.25) is 0 Å². The van der Waals surface area contributed by atoms with E-state index in [1.54, 1.807) is 0 Å². The van der Waals surface area contributed by atoms with Crippen molar-refractivity contribution in [3.63, 3.8) is 0 Å². The zero-order valence-corrected chi connectivity index (χ0v) is 10.5. The Labute approximate surface area is 98.1 Å². The predicted octanol–water partition coefficient (Wildman–Crippen LogP) is 3.64. The van der Waals surface area contributed by atoms with Crippen molar-refractivity contribution in [3.05, 3.63) is 40.5 Å². The normalized spacial score (nSPS) is 10.6. The fourth-order valence-corrected chi connectivity index (χ4v) is 2.13. The average molecular weight is 265 g/mol. The minimum absolute atomic E-state index is 0.884. The third kappa shape index (κ3) is 1.97. The summed E-state index contributed by atoms with van der Waals surface area (Å²) in [6, 6.07) is 8.50. The van der Waals surface area contributed by atoms with Gasteiger partial charge in [-0.3, -0.25) is 4.68 Å². The minimum Gasteiger partial charge on any atom is -0.264 e. The topological polar surface area (TPSA) is 17.8 Å². The van der Waals surface area contributed by atoms with Crippen molar-refractivity contribution in [1.82, 2.24) is 9.78 Å². The lowest BCUT2D eigenvalue weighted by molar-refractivity contribution is 0.667. The Morgan fingerprint density at radius 1 is 1.27 bits per heavy atom. The predicted molar refractivity (Wildman–Crippen MR) is 65.8 cm³/mol. The summed E-state index contributed by atoms with van der Waals surface area (Å²) < 4.78 is 3.04. The van der Waals surface area contributed by atoms with Gasteiger partial charge in [-0.2, -0.15) is 5.10 Å². The number of hydrogen-bond acceptors (Lipinski definition) is 1. The van der Waals surface area contributed by atoms with Crippen molar-refractivity contribution < 1.29 is 0 Å². The number of halogens is 1. The van der Waals surface area contributed by atoms with Crippen LogP contribution < -0.4 is 0 Å². The van der Waals surface area contributed by atoms with E-state index in [9.17, 15) is 0 Å². The second-order valence-electron chi connectivity index (χ2n) is 3.52. The second-order valence-corrected chi connectivity index (χ2v) is 4.38. The summed E-state index contributed by atoms with van der Waals surface area (Å²) in [4.78, 5) is 0. The first-order chi connectivity index (χ1) is 7.22. The smallest absolute Gasteiger partial charge is 0.0824 e. The van der Waals surface area contributed by atoms with Gasteiger partial charge in [0.05, 0.1) is 16.4 Å². The second kappa shape index (κ2) is 4.19. The zero-order chi connectivity index (χ0) is 10.8. The Kier molecular flexibility index (Phi) is 2.91. The Bertz CT molecular complexity index is 457. The van der Waals surface area contributed by atoms with Crippen LogP contribution in [0.1, 0.15) is 12.5 Å². The van der Waals surface area contributed by atoms with Gasteiger partial charge in [0.2, 0.25) is 0 Å². The van der Waals surface area contributed by atoms with Crippen LogP contribution in [0.5, 0.6) is 0 Å². The van der Waals surface area contributed by atoms with Crippen LogP contribution >= 0.6 is 15.9 Å². The quantitative estimate of drug-likeness (QED) is 0.810. The molecule has 0 bridgehead atoms. The van der Waals surface area contributed by atoms with E-state index in [0.29, 0.717) is 0 Å². The summed E-state index contributed by atoms with van der Waals surface area (Å²) in [5, 5.41) is 4.30. The molecular formula is C12H13BrN2. The van der Waals surface area contributed by atoms with Crippen LogP contribution in [-0.4, -0.2) is 9.78 Å². The van der Waals surface area contributed by atoms with Crippen molar-refractivity contribution >= 4 is 15.9 Å². The van der Waals surface area contributed by atoms with Gasteiger partial charge < -0.3 is 0 Å². The molecule has 0 N–H and O–H groups in total. The van der Waals surface area contributed by atoms with Gasteiger partial charge in [-0.25, -0.2) is 0 Å². The standard InChI is InChI=1S/C12H13BrN2/c1-3-15-12(11(13)8-14-15)10-6-4-9(2)5-7-10/h4-8H,3H2,1-2H3. The van der Waals surface area contributed by atoms with Crippen molar-refractivity contribution in [2.75, 3.05) is 0 Å². The van der Waals surface area contributed by atoms with Crippen LogP contribution in [-0.2, 0) is 6.54 Å². The van der Waals surface area contributed by atoms with E-state index in [-0.39, 0.29) is 0 Å². The van der Waals surface area contributed by atoms with Gasteiger partial charge in [0.1, 0.15) is 0 Å². The minimum atomic E-state index is 0.884. The van der Waals surface area contributed by atoms with Crippen LogP contribution in [0, 0.1) is 6.92 Å². The van der Waals surface area contributed by atoms with Crippen LogP contribution in [0.25, 0.3) is 11.3 Å². The highest BCUT2D eigenvalue weighted by Gasteiger charge is 2.09. The SMILES string of the molecule is CCn1ncc(Br)c1-c1ccc(C)cc1. The molecule has 2 aromatic rings. The first-order valence-electron chi connectivity index (χ1n) is 5.00. The molecule has 0 aliphatic heterocycles. The van der Waals surface area contributed by atoms with Gasteiger partial charge >= 0.3 is 0 Å². The molecule has 0 aliphatic rings. The number of benzene rings is 1. The van der Waals surface area contributed by atoms with Gasteiger partial charge in [-0.1, -0.05) is 29.8 Å². The Morgan fingerprint density at radius 2 is 1.93 bits per heavy atom. The van der Waals surface area contributed by atoms with E-state index in [1.807, 2.05) is 10.9 Å². The third-order valence-electron chi connectivity index (χ3n) is 2.42. The maximum Gasteiger partial charge on any atom is 0.0824 e. The lowest BCUT2D eigenvalue weighted by atomic mass is 10.1. The number of rotatable bonds is 2. The molecule has 0 amide bonds. The molecule has 0 saturated heterocycles. The molecule has 0 unspecified atom stereocenters. The maximum atomic E-state index is 4.30. The molecular weight excluding hydrogens is 252 g/mol. The number of aromatic nitrogens is 2. The number of nitrogens with zero attached hydrogens (tertiary/aromatic N) is 2. The largest absolute Gasteiger partial charge is 0.264 e. The molecule has 0 aliphatic carbocycles. The van der Waals surface area contributed by atoms with Gasteiger partial charge in [-0.15, -0.1) is 0 Å². The molecule has 0 saturated carbocycles. The van der Waals surface area contributed by atoms with Crippen LogP contribution in [0.3, 0.4) is 0 Å². The molecule has 78 valence electrons. The van der Waals surface area contributed by atoms with Crippen molar-refractivity contribution in [2.45, 2.75) is 20.4 Å². The van der Waals surface area contributed by atoms with E-state index < -0.39 is 0 Å². The molecule has 3 heteroatoms. The first-order valence-corrected chi connectivity index (χ1v) is 5.80. The Morgan fingerprint density at radius 3 is 2.53 bits per heavy atom. The Hall–Kier alpha value is -1.09. The highest BCUT2D eigenvalue weighted by Crippen LogP contribution is 2.28. The fraction of sp³-hybridized carbons (Fsp3) is 0.250. The van der Waals surface area contributed by atoms with Crippen LogP contribution in [0.15, 0.2) is 34.9 Å². The first kappa shape index (κ1) is 10.4. The maximum absolute atomic E-state index is 4.30. The van der Waals surface area contributed by atoms with Crippen molar-refractivity contribution in [2.24, 2.45) is 0 Å². The summed E-state index contributed by atoms with van der Waals surface area (Å²) in [5.74, 6) is 0. The summed E-state index contributed by atoms with van der Waals surface area (Å²) in [6.45, 7) is 5.07. The van der Waals surface area contributed by atoms with Gasteiger partial charge in [0, 0.05) is 12.1 Å². The summed E-state index contributed by atoms with van der Waals surface area (Å²) >= 11 is 3.53. The molecule has 0 radical (unpaired) electrons. The third-order valence-corrected chi connectivity index (χ3v) is 3.00. The van der Waals surface area contributed by atoms with E-state index in [2.05, 4.69) is 59.1 Å². The van der Waals surface area contributed by atoms with E-state index in [1.165, 1.54) is 11.1 Å². The fourth-order valence-electron chi connectivity index (χ4n) is 1.60. The highest BCUT2D eigenvalue weighted by atomic mass is 79.9. The molecule has 2 nitrogen and oxygen atoms in total. The molecule has 0 fully saturated rings. The van der Waals surface area contributed by atoms with Crippen molar-refractivity contribution in [1.29, 1.82) is 0 Å². The van der Waals surface area contributed by atoms with E-state index >= 15 is 0 Å². The molecule has 0 atom stereocenters.